The van der Waals surface area contributed by atoms with Gasteiger partial charge in [-0.1, -0.05) is 38.0 Å². The van der Waals surface area contributed by atoms with Crippen LogP contribution in [0.3, 0.4) is 0 Å². The number of amides is 1. The lowest BCUT2D eigenvalue weighted by atomic mass is 9.99. The molecule has 1 N–H and O–H groups in total. The molecular formula is C18H25NO5. The summed E-state index contributed by atoms with van der Waals surface area (Å²) in [4.78, 5) is 35.8. The van der Waals surface area contributed by atoms with E-state index in [1.807, 2.05) is 32.9 Å². The van der Waals surface area contributed by atoms with E-state index in [2.05, 4.69) is 5.32 Å². The predicted molar refractivity (Wildman–Crippen MR) is 89.6 cm³/mol. The van der Waals surface area contributed by atoms with E-state index in [1.165, 1.54) is 7.11 Å². The van der Waals surface area contributed by atoms with Gasteiger partial charge in [0, 0.05) is 0 Å². The smallest absolute Gasteiger partial charge is 0.338 e. The molecule has 0 heterocycles. The highest BCUT2D eigenvalue weighted by molar-refractivity contribution is 5.93. The Morgan fingerprint density at radius 2 is 1.88 bits per heavy atom. The number of hydrogen-bond donors (Lipinski definition) is 1. The molecule has 0 aliphatic rings. The Hall–Kier alpha value is -2.37. The number of carbonyl (C=O) groups is 3. The van der Waals surface area contributed by atoms with Crippen molar-refractivity contribution in [3.63, 3.8) is 0 Å². The second-order valence-corrected chi connectivity index (χ2v) is 5.85. The minimum atomic E-state index is -0.757. The number of benzene rings is 1. The fourth-order valence-corrected chi connectivity index (χ4v) is 2.18. The monoisotopic (exact) mass is 335 g/mol. The maximum Gasteiger partial charge on any atom is 0.338 e. The van der Waals surface area contributed by atoms with Crippen LogP contribution in [0.15, 0.2) is 18.2 Å². The van der Waals surface area contributed by atoms with E-state index in [-0.39, 0.29) is 5.92 Å². The van der Waals surface area contributed by atoms with Gasteiger partial charge >= 0.3 is 11.9 Å². The van der Waals surface area contributed by atoms with Gasteiger partial charge in [-0.2, -0.15) is 0 Å². The van der Waals surface area contributed by atoms with Crippen molar-refractivity contribution in [2.75, 3.05) is 13.7 Å². The number of hydrogen-bond acceptors (Lipinski definition) is 5. The molecule has 0 unspecified atom stereocenters. The van der Waals surface area contributed by atoms with Crippen molar-refractivity contribution in [1.29, 1.82) is 0 Å². The number of esters is 2. The van der Waals surface area contributed by atoms with Gasteiger partial charge in [0.15, 0.2) is 6.61 Å². The number of rotatable bonds is 7. The normalized spacial score (nSPS) is 12.9. The number of methoxy groups -OCH3 is 1. The Kier molecular flexibility index (Phi) is 7.42. The fourth-order valence-electron chi connectivity index (χ4n) is 2.18. The van der Waals surface area contributed by atoms with Crippen LogP contribution < -0.4 is 5.32 Å². The van der Waals surface area contributed by atoms with Gasteiger partial charge in [0.05, 0.1) is 12.7 Å². The van der Waals surface area contributed by atoms with E-state index in [0.717, 1.165) is 11.1 Å². The number of nitrogens with one attached hydrogen (secondary N) is 1. The van der Waals surface area contributed by atoms with Crippen molar-refractivity contribution in [1.82, 2.24) is 5.32 Å². The van der Waals surface area contributed by atoms with Crippen LogP contribution in [-0.4, -0.2) is 37.6 Å². The van der Waals surface area contributed by atoms with Gasteiger partial charge < -0.3 is 14.8 Å². The van der Waals surface area contributed by atoms with Crippen molar-refractivity contribution in [3.8, 4) is 0 Å². The first-order valence-electron chi connectivity index (χ1n) is 7.91. The van der Waals surface area contributed by atoms with Crippen LogP contribution in [-0.2, 0) is 19.1 Å². The molecule has 0 fully saturated rings. The van der Waals surface area contributed by atoms with Gasteiger partial charge in [-0.05, 0) is 31.4 Å². The summed E-state index contributed by atoms with van der Waals surface area (Å²) in [6.45, 7) is 6.97. The van der Waals surface area contributed by atoms with Crippen molar-refractivity contribution < 1.29 is 23.9 Å². The summed E-state index contributed by atoms with van der Waals surface area (Å²) >= 11 is 0. The molecule has 1 amide bonds. The molecular weight excluding hydrogens is 310 g/mol. The summed E-state index contributed by atoms with van der Waals surface area (Å²) < 4.78 is 9.75. The standard InChI is InChI=1S/C18H25NO5/c1-6-12(3)16(18(22)23-5)19-15(20)10-24-17(21)14-9-11(2)7-8-13(14)4/h7-9,12,16H,6,10H2,1-5H3,(H,19,20)/t12-,16-/m0/s1. The van der Waals surface area contributed by atoms with Crippen LogP contribution in [0.2, 0.25) is 0 Å². The molecule has 1 aromatic carbocycles. The molecule has 132 valence electrons. The summed E-state index contributed by atoms with van der Waals surface area (Å²) in [5.41, 5.74) is 2.13. The van der Waals surface area contributed by atoms with Crippen molar-refractivity contribution in [2.45, 2.75) is 40.2 Å². The lowest BCUT2D eigenvalue weighted by molar-refractivity contribution is -0.147. The van der Waals surface area contributed by atoms with Crippen LogP contribution in [0, 0.1) is 19.8 Å². The van der Waals surface area contributed by atoms with Crippen LogP contribution in [0.5, 0.6) is 0 Å². The van der Waals surface area contributed by atoms with E-state index < -0.39 is 30.5 Å². The van der Waals surface area contributed by atoms with Crippen molar-refractivity contribution in [2.24, 2.45) is 5.92 Å². The molecule has 0 aliphatic carbocycles. The molecule has 0 bridgehead atoms. The number of aryl methyl sites for hydroxylation is 2. The molecule has 6 nitrogen and oxygen atoms in total. The van der Waals surface area contributed by atoms with Gasteiger partial charge in [0.2, 0.25) is 0 Å². The Labute approximate surface area is 142 Å². The summed E-state index contributed by atoms with van der Waals surface area (Å²) in [7, 11) is 1.27. The van der Waals surface area contributed by atoms with Crippen molar-refractivity contribution >= 4 is 17.8 Å². The summed E-state index contributed by atoms with van der Waals surface area (Å²) in [5.74, 6) is -1.71. The molecule has 0 spiro atoms. The summed E-state index contributed by atoms with van der Waals surface area (Å²) in [6, 6.07) is 4.67. The molecule has 0 saturated heterocycles. The zero-order valence-corrected chi connectivity index (χ0v) is 14.8. The highest BCUT2D eigenvalue weighted by Gasteiger charge is 2.27. The first-order chi connectivity index (χ1) is 11.3. The molecule has 2 atom stereocenters. The molecule has 1 aromatic rings. The van der Waals surface area contributed by atoms with Crippen LogP contribution >= 0.6 is 0 Å². The quantitative estimate of drug-likeness (QED) is 0.772. The first kappa shape index (κ1) is 19.7. The largest absolute Gasteiger partial charge is 0.467 e. The minimum absolute atomic E-state index is 0.0869. The van der Waals surface area contributed by atoms with Crippen molar-refractivity contribution in [3.05, 3.63) is 34.9 Å². The predicted octanol–water partition coefficient (Wildman–Crippen LogP) is 2.16. The topological polar surface area (TPSA) is 81.7 Å². The Morgan fingerprint density at radius 1 is 1.21 bits per heavy atom. The Bertz CT molecular complexity index is 611. The highest BCUT2D eigenvalue weighted by atomic mass is 16.5. The zero-order chi connectivity index (χ0) is 18.3. The molecule has 1 rings (SSSR count). The average molecular weight is 335 g/mol. The summed E-state index contributed by atoms with van der Waals surface area (Å²) in [6.07, 6.45) is 0.697. The van der Waals surface area contributed by atoms with Crippen LogP contribution in [0.4, 0.5) is 0 Å². The second kappa shape index (κ2) is 9.05. The molecule has 24 heavy (non-hydrogen) atoms. The lowest BCUT2D eigenvalue weighted by Crippen LogP contribution is -2.47. The highest BCUT2D eigenvalue weighted by Crippen LogP contribution is 2.12. The van der Waals surface area contributed by atoms with Gasteiger partial charge in [-0.25, -0.2) is 9.59 Å². The molecule has 0 saturated carbocycles. The molecule has 6 heteroatoms. The average Bonchev–Trinajstić information content (AvgIpc) is 2.58. The molecule has 0 radical (unpaired) electrons. The number of ether oxygens (including phenoxy) is 2. The van der Waals surface area contributed by atoms with Crippen LogP contribution in [0.1, 0.15) is 41.8 Å². The zero-order valence-electron chi connectivity index (χ0n) is 14.8. The first-order valence-corrected chi connectivity index (χ1v) is 7.91. The van der Waals surface area contributed by atoms with Gasteiger partial charge in [-0.15, -0.1) is 0 Å². The van der Waals surface area contributed by atoms with Gasteiger partial charge in [0.25, 0.3) is 5.91 Å². The molecule has 0 aromatic heterocycles. The fraction of sp³-hybridized carbons (Fsp3) is 0.500. The Balaban J connectivity index is 2.66. The summed E-state index contributed by atoms with van der Waals surface area (Å²) in [5, 5.41) is 2.56. The maximum absolute atomic E-state index is 12.1. The third kappa shape index (κ3) is 5.37. The molecule has 0 aliphatic heterocycles. The Morgan fingerprint density at radius 3 is 2.46 bits per heavy atom. The second-order valence-electron chi connectivity index (χ2n) is 5.85. The lowest BCUT2D eigenvalue weighted by Gasteiger charge is -2.21. The van der Waals surface area contributed by atoms with E-state index >= 15 is 0 Å². The SMILES string of the molecule is CC[C@H](C)[C@H](NC(=O)COC(=O)c1cc(C)ccc1C)C(=O)OC. The van der Waals surface area contributed by atoms with Gasteiger partial charge in [0.1, 0.15) is 6.04 Å². The van der Waals surface area contributed by atoms with E-state index in [9.17, 15) is 14.4 Å². The number of carbonyl (C=O) groups excluding carboxylic acids is 3. The third-order valence-corrected chi connectivity index (χ3v) is 3.93. The van der Waals surface area contributed by atoms with E-state index in [0.29, 0.717) is 12.0 Å². The van der Waals surface area contributed by atoms with Crippen LogP contribution in [0.25, 0.3) is 0 Å². The minimum Gasteiger partial charge on any atom is -0.467 e. The van der Waals surface area contributed by atoms with E-state index in [1.54, 1.807) is 13.0 Å². The van der Waals surface area contributed by atoms with E-state index in [4.69, 9.17) is 9.47 Å². The third-order valence-electron chi connectivity index (χ3n) is 3.93. The van der Waals surface area contributed by atoms with Gasteiger partial charge in [-0.3, -0.25) is 4.79 Å². The maximum atomic E-state index is 12.1.